The summed E-state index contributed by atoms with van der Waals surface area (Å²) in [5.41, 5.74) is 5.11. The molecule has 4 aromatic rings. The van der Waals surface area contributed by atoms with Gasteiger partial charge in [-0.15, -0.1) is 0 Å². The van der Waals surface area contributed by atoms with Crippen molar-refractivity contribution in [3.05, 3.63) is 60.7 Å². The quantitative estimate of drug-likeness (QED) is 0.443. The predicted octanol–water partition coefficient (Wildman–Crippen LogP) is 4.35. The minimum atomic E-state index is 0.332. The lowest BCUT2D eigenvalue weighted by atomic mass is 10.2. The average molecular weight is 457 g/mol. The molecular weight excluding hydrogens is 424 g/mol. The van der Waals surface area contributed by atoms with E-state index in [9.17, 15) is 0 Å². The highest BCUT2D eigenvalue weighted by Crippen LogP contribution is 2.30. The molecule has 0 aromatic carbocycles. The van der Waals surface area contributed by atoms with Crippen LogP contribution in [-0.2, 0) is 6.54 Å². The van der Waals surface area contributed by atoms with Gasteiger partial charge in [0.1, 0.15) is 5.82 Å². The van der Waals surface area contributed by atoms with Crippen LogP contribution < -0.4 is 5.32 Å². The summed E-state index contributed by atoms with van der Waals surface area (Å²) in [7, 11) is 0. The first kappa shape index (κ1) is 22.4. The van der Waals surface area contributed by atoms with Crippen molar-refractivity contribution in [2.24, 2.45) is 0 Å². The highest BCUT2D eigenvalue weighted by atomic mass is 15.3. The predicted molar refractivity (Wildman–Crippen MR) is 136 cm³/mol. The Bertz CT molecular complexity index is 1240. The first-order valence-corrected chi connectivity index (χ1v) is 12.1. The van der Waals surface area contributed by atoms with Crippen molar-refractivity contribution in [1.29, 1.82) is 0 Å². The molecule has 5 rings (SSSR count). The zero-order chi connectivity index (χ0) is 23.5. The molecule has 176 valence electrons. The van der Waals surface area contributed by atoms with Crippen LogP contribution in [0, 0.1) is 0 Å². The van der Waals surface area contributed by atoms with Crippen molar-refractivity contribution in [3.8, 4) is 11.3 Å². The lowest BCUT2D eigenvalue weighted by molar-refractivity contribution is 0.132. The Labute approximate surface area is 200 Å². The Hall–Kier alpha value is -3.36. The van der Waals surface area contributed by atoms with Crippen molar-refractivity contribution in [3.63, 3.8) is 0 Å². The third-order valence-corrected chi connectivity index (χ3v) is 6.46. The van der Waals surface area contributed by atoms with Gasteiger partial charge in [0.2, 0.25) is 5.95 Å². The fraction of sp³-hybridized carbons (Fsp3) is 0.385. The van der Waals surface area contributed by atoms with Crippen LogP contribution >= 0.6 is 0 Å². The summed E-state index contributed by atoms with van der Waals surface area (Å²) in [5, 5.41) is 3.26. The van der Waals surface area contributed by atoms with Gasteiger partial charge in [-0.2, -0.15) is 0 Å². The summed E-state index contributed by atoms with van der Waals surface area (Å²) in [4.78, 5) is 23.4. The van der Waals surface area contributed by atoms with E-state index < -0.39 is 0 Å². The molecule has 0 aliphatic carbocycles. The Morgan fingerprint density at radius 2 is 1.76 bits per heavy atom. The molecule has 4 aromatic heterocycles. The summed E-state index contributed by atoms with van der Waals surface area (Å²) in [5.74, 6) is 1.26. The molecule has 1 aliphatic heterocycles. The van der Waals surface area contributed by atoms with E-state index in [1.807, 2.05) is 30.6 Å². The van der Waals surface area contributed by atoms with Gasteiger partial charge in [-0.25, -0.2) is 15.0 Å². The molecule has 0 spiro atoms. The standard InChI is InChI=1S/C26H32N8/c1-4-32-12-14-33(15-13-32)17-20-7-8-24(29-16-20)31-26-28-11-9-22(30-26)21-18-34(19(2)3)23-6-5-10-27-25(21)23/h5-11,16,18-19H,4,12-15,17H2,1-3H3,(H,28,29,30,31). The second kappa shape index (κ2) is 9.87. The summed E-state index contributed by atoms with van der Waals surface area (Å²) < 4.78 is 2.23. The number of nitrogens with zero attached hydrogens (tertiary/aromatic N) is 7. The lowest BCUT2D eigenvalue weighted by Crippen LogP contribution is -2.45. The third kappa shape index (κ3) is 4.78. The largest absolute Gasteiger partial charge is 0.343 e. The molecule has 1 N–H and O–H groups in total. The Morgan fingerprint density at radius 3 is 2.50 bits per heavy atom. The molecule has 1 fully saturated rings. The molecule has 0 bridgehead atoms. The van der Waals surface area contributed by atoms with E-state index in [0.717, 1.165) is 67.4 Å². The Morgan fingerprint density at radius 1 is 0.941 bits per heavy atom. The summed E-state index contributed by atoms with van der Waals surface area (Å²) >= 11 is 0. The Kier molecular flexibility index (Phi) is 6.51. The normalized spacial score (nSPS) is 15.3. The number of hydrogen-bond acceptors (Lipinski definition) is 7. The van der Waals surface area contributed by atoms with E-state index in [1.54, 1.807) is 6.20 Å². The van der Waals surface area contributed by atoms with Gasteiger partial charge in [-0.3, -0.25) is 9.88 Å². The Balaban J connectivity index is 1.30. The topological polar surface area (TPSA) is 75.0 Å². The molecule has 0 saturated carbocycles. The fourth-order valence-corrected chi connectivity index (χ4v) is 4.49. The second-order valence-corrected chi connectivity index (χ2v) is 9.07. The van der Waals surface area contributed by atoms with Gasteiger partial charge < -0.3 is 14.8 Å². The highest BCUT2D eigenvalue weighted by Gasteiger charge is 2.16. The van der Waals surface area contributed by atoms with Gasteiger partial charge >= 0.3 is 0 Å². The van der Waals surface area contributed by atoms with E-state index in [-0.39, 0.29) is 0 Å². The maximum Gasteiger partial charge on any atom is 0.228 e. The number of hydrogen-bond donors (Lipinski definition) is 1. The first-order chi connectivity index (χ1) is 16.6. The number of piperazine rings is 1. The molecule has 8 nitrogen and oxygen atoms in total. The number of pyridine rings is 2. The van der Waals surface area contributed by atoms with E-state index >= 15 is 0 Å². The van der Waals surface area contributed by atoms with E-state index in [2.05, 4.69) is 73.7 Å². The van der Waals surface area contributed by atoms with E-state index in [1.165, 1.54) is 5.56 Å². The molecule has 0 amide bonds. The van der Waals surface area contributed by atoms with Crippen LogP contribution in [0.2, 0.25) is 0 Å². The van der Waals surface area contributed by atoms with Gasteiger partial charge in [0.15, 0.2) is 0 Å². The molecule has 1 aliphatic rings. The molecular formula is C26H32N8. The van der Waals surface area contributed by atoms with E-state index in [4.69, 9.17) is 4.98 Å². The number of fused-ring (bicyclic) bond motifs is 1. The molecule has 0 unspecified atom stereocenters. The lowest BCUT2D eigenvalue weighted by Gasteiger charge is -2.33. The van der Waals surface area contributed by atoms with Crippen LogP contribution in [0.5, 0.6) is 0 Å². The van der Waals surface area contributed by atoms with E-state index in [0.29, 0.717) is 12.0 Å². The number of rotatable bonds is 7. The van der Waals surface area contributed by atoms with Crippen LogP contribution in [-0.4, -0.2) is 67.0 Å². The highest BCUT2D eigenvalue weighted by molar-refractivity contribution is 5.92. The number of likely N-dealkylation sites (N-methyl/N-ethyl adjacent to an activating group) is 1. The van der Waals surface area contributed by atoms with Crippen LogP contribution in [0.4, 0.5) is 11.8 Å². The zero-order valence-electron chi connectivity index (χ0n) is 20.1. The van der Waals surface area contributed by atoms with Gasteiger partial charge in [0, 0.05) is 69.1 Å². The zero-order valence-corrected chi connectivity index (χ0v) is 20.1. The van der Waals surface area contributed by atoms with Crippen LogP contribution in [0.3, 0.4) is 0 Å². The summed E-state index contributed by atoms with van der Waals surface area (Å²) in [6.07, 6.45) is 7.67. The van der Waals surface area contributed by atoms with Crippen molar-refractivity contribution >= 4 is 22.8 Å². The minimum Gasteiger partial charge on any atom is -0.343 e. The van der Waals surface area contributed by atoms with Crippen LogP contribution in [0.25, 0.3) is 22.3 Å². The molecule has 8 heteroatoms. The molecule has 5 heterocycles. The maximum absolute atomic E-state index is 4.76. The summed E-state index contributed by atoms with van der Waals surface area (Å²) in [6, 6.07) is 10.5. The van der Waals surface area contributed by atoms with Crippen molar-refractivity contribution in [2.45, 2.75) is 33.4 Å². The van der Waals surface area contributed by atoms with Crippen LogP contribution in [0.15, 0.2) is 55.1 Å². The van der Waals surface area contributed by atoms with Gasteiger partial charge in [0.05, 0.1) is 16.7 Å². The maximum atomic E-state index is 4.76. The molecule has 0 radical (unpaired) electrons. The number of nitrogens with one attached hydrogen (secondary N) is 1. The first-order valence-electron chi connectivity index (χ1n) is 12.1. The molecule has 34 heavy (non-hydrogen) atoms. The fourth-order valence-electron chi connectivity index (χ4n) is 4.49. The molecule has 1 saturated heterocycles. The summed E-state index contributed by atoms with van der Waals surface area (Å²) in [6.45, 7) is 13.1. The van der Waals surface area contributed by atoms with Crippen LogP contribution in [0.1, 0.15) is 32.4 Å². The molecule has 0 atom stereocenters. The third-order valence-electron chi connectivity index (χ3n) is 6.46. The smallest absolute Gasteiger partial charge is 0.228 e. The second-order valence-electron chi connectivity index (χ2n) is 9.07. The van der Waals surface area contributed by atoms with Crippen molar-refractivity contribution in [1.82, 2.24) is 34.3 Å². The van der Waals surface area contributed by atoms with Crippen molar-refractivity contribution in [2.75, 3.05) is 38.0 Å². The SMILES string of the molecule is CCN1CCN(Cc2ccc(Nc3nccc(-c4cn(C(C)C)c5cccnc45)n3)nc2)CC1. The number of anilines is 2. The van der Waals surface area contributed by atoms with Gasteiger partial charge in [-0.05, 0) is 50.2 Å². The van der Waals surface area contributed by atoms with Gasteiger partial charge in [0.25, 0.3) is 0 Å². The average Bonchev–Trinajstić information content (AvgIpc) is 3.26. The van der Waals surface area contributed by atoms with Crippen molar-refractivity contribution < 1.29 is 0 Å². The minimum absolute atomic E-state index is 0.332. The van der Waals surface area contributed by atoms with Gasteiger partial charge in [-0.1, -0.05) is 13.0 Å². The monoisotopic (exact) mass is 456 g/mol. The number of aromatic nitrogens is 5.